The maximum atomic E-state index is 13.2. The maximum Gasteiger partial charge on any atom is 0.306 e. The van der Waals surface area contributed by atoms with Crippen LogP contribution in [0.4, 0.5) is 0 Å². The van der Waals surface area contributed by atoms with Gasteiger partial charge in [-0.3, -0.25) is 9.59 Å². The molecule has 0 rings (SSSR count). The van der Waals surface area contributed by atoms with Crippen molar-refractivity contribution in [2.24, 2.45) is 0 Å². The molecule has 3 N–H and O–H groups in total. The van der Waals surface area contributed by atoms with Gasteiger partial charge in [0, 0.05) is 6.42 Å². The zero-order chi connectivity index (χ0) is 48.8. The van der Waals surface area contributed by atoms with E-state index in [1.165, 1.54) is 161 Å². The summed E-state index contributed by atoms with van der Waals surface area (Å²) in [6, 6.07) is -0.745. The number of rotatable bonds is 51. The maximum absolute atomic E-state index is 13.2. The Kier molecular flexibility index (Phi) is 52.1. The van der Waals surface area contributed by atoms with E-state index in [0.29, 0.717) is 19.3 Å². The Bertz CT molecular complexity index is 1230. The molecule has 1 amide bonds. The van der Waals surface area contributed by atoms with Crippen LogP contribution in [0.5, 0.6) is 0 Å². The molecule has 0 bridgehead atoms. The first-order valence-electron chi connectivity index (χ1n) is 28.7. The molecule has 67 heavy (non-hydrogen) atoms. The third-order valence-corrected chi connectivity index (χ3v) is 12.8. The van der Waals surface area contributed by atoms with Crippen molar-refractivity contribution in [1.29, 1.82) is 0 Å². The molecule has 0 aromatic rings. The standard InChI is InChI=1S/C61H109NO5/c1-4-7-10-13-16-19-22-25-28-30-32-34-37-40-43-46-49-52-57(67-61(66)54-51-48-45-42-39-36-27-24-21-18-15-12-9-6-3)55-60(65)62-58(56-63)59(64)53-50-47-44-41-38-35-33-31-29-26-23-20-17-14-11-8-5-2/h7,10,16,19,25,28,32,34,40,43,49,52,57-59,63-64H,4-6,8-9,11-15,17-18,20-24,26-27,29-31,33,35-39,41-42,44-48,50-51,53-56H2,1-3H3,(H,62,65)/b10-7-,19-16-,28-25-,34-32-,43-40-,52-49-. The number of hydrogen-bond acceptors (Lipinski definition) is 5. The SMILES string of the molecule is CC/C=C\C/C=C\C/C=C\C/C=C\C/C=C\C/C=C\C(CC(=O)NC(CO)C(O)CCCCCCCCCCCCCCCCCCC)OC(=O)CCCCCCCCCCCCCCCC. The molecular weight excluding hydrogens is 827 g/mol. The second kappa shape index (κ2) is 54.2. The van der Waals surface area contributed by atoms with Crippen molar-refractivity contribution in [3.63, 3.8) is 0 Å². The number of carbonyl (C=O) groups excluding carboxylic acids is 2. The van der Waals surface area contributed by atoms with Crippen molar-refractivity contribution in [1.82, 2.24) is 5.32 Å². The van der Waals surface area contributed by atoms with E-state index in [9.17, 15) is 19.8 Å². The number of esters is 1. The summed E-state index contributed by atoms with van der Waals surface area (Å²) in [5.74, 6) is -0.622. The van der Waals surface area contributed by atoms with Gasteiger partial charge in [0.15, 0.2) is 0 Å². The molecular formula is C61H109NO5. The van der Waals surface area contributed by atoms with Crippen molar-refractivity contribution in [3.8, 4) is 0 Å². The van der Waals surface area contributed by atoms with Crippen LogP contribution in [0.1, 0.15) is 278 Å². The van der Waals surface area contributed by atoms with Crippen LogP contribution in [0.2, 0.25) is 0 Å². The largest absolute Gasteiger partial charge is 0.458 e. The number of carbonyl (C=O) groups is 2. The number of allylic oxidation sites excluding steroid dienone is 11. The fourth-order valence-electron chi connectivity index (χ4n) is 8.49. The topological polar surface area (TPSA) is 95.9 Å². The average molecular weight is 937 g/mol. The van der Waals surface area contributed by atoms with E-state index in [2.05, 4.69) is 86.8 Å². The number of aliphatic hydroxyl groups is 2. The number of ether oxygens (including phenoxy) is 1. The van der Waals surface area contributed by atoms with Crippen LogP contribution in [0.3, 0.4) is 0 Å². The Morgan fingerprint density at radius 1 is 0.448 bits per heavy atom. The molecule has 3 unspecified atom stereocenters. The van der Waals surface area contributed by atoms with Gasteiger partial charge in [0.2, 0.25) is 5.91 Å². The molecule has 388 valence electrons. The van der Waals surface area contributed by atoms with E-state index < -0.39 is 18.2 Å². The molecule has 0 heterocycles. The van der Waals surface area contributed by atoms with Gasteiger partial charge < -0.3 is 20.3 Å². The normalized spacial score (nSPS) is 13.7. The van der Waals surface area contributed by atoms with Crippen LogP contribution in [-0.2, 0) is 14.3 Å². The Balaban J connectivity index is 4.68. The molecule has 0 aromatic heterocycles. The van der Waals surface area contributed by atoms with Gasteiger partial charge in [0.05, 0.1) is 25.2 Å². The van der Waals surface area contributed by atoms with Crippen LogP contribution >= 0.6 is 0 Å². The van der Waals surface area contributed by atoms with Gasteiger partial charge in [0.25, 0.3) is 0 Å². The highest BCUT2D eigenvalue weighted by Crippen LogP contribution is 2.17. The predicted molar refractivity (Wildman–Crippen MR) is 291 cm³/mol. The highest BCUT2D eigenvalue weighted by Gasteiger charge is 2.23. The van der Waals surface area contributed by atoms with Gasteiger partial charge in [-0.2, -0.15) is 0 Å². The predicted octanol–water partition coefficient (Wildman–Crippen LogP) is 17.7. The molecule has 0 saturated heterocycles. The Morgan fingerprint density at radius 2 is 0.776 bits per heavy atom. The van der Waals surface area contributed by atoms with Crippen molar-refractivity contribution < 1.29 is 24.5 Å². The lowest BCUT2D eigenvalue weighted by molar-refractivity contribution is -0.148. The number of hydrogen-bond donors (Lipinski definition) is 3. The van der Waals surface area contributed by atoms with Crippen LogP contribution in [-0.4, -0.2) is 46.9 Å². The third kappa shape index (κ3) is 49.5. The molecule has 0 radical (unpaired) electrons. The monoisotopic (exact) mass is 936 g/mol. The van der Waals surface area contributed by atoms with Crippen LogP contribution in [0.15, 0.2) is 72.9 Å². The molecule has 0 saturated carbocycles. The second-order valence-corrected chi connectivity index (χ2v) is 19.3. The highest BCUT2D eigenvalue weighted by molar-refractivity contribution is 5.78. The van der Waals surface area contributed by atoms with Gasteiger partial charge in [-0.05, 0) is 57.4 Å². The summed E-state index contributed by atoms with van der Waals surface area (Å²) >= 11 is 0. The van der Waals surface area contributed by atoms with E-state index in [-0.39, 0.29) is 24.9 Å². The molecule has 6 nitrogen and oxygen atoms in total. The van der Waals surface area contributed by atoms with E-state index in [1.807, 2.05) is 12.2 Å². The van der Waals surface area contributed by atoms with Gasteiger partial charge >= 0.3 is 5.97 Å². The highest BCUT2D eigenvalue weighted by atomic mass is 16.5. The third-order valence-electron chi connectivity index (χ3n) is 12.8. The van der Waals surface area contributed by atoms with Crippen LogP contribution in [0, 0.1) is 0 Å². The lowest BCUT2D eigenvalue weighted by atomic mass is 10.0. The summed E-state index contributed by atoms with van der Waals surface area (Å²) in [7, 11) is 0. The van der Waals surface area contributed by atoms with Gasteiger partial charge in [-0.1, -0.05) is 280 Å². The van der Waals surface area contributed by atoms with Crippen molar-refractivity contribution >= 4 is 11.9 Å². The van der Waals surface area contributed by atoms with E-state index >= 15 is 0 Å². The molecule has 0 spiro atoms. The van der Waals surface area contributed by atoms with Crippen molar-refractivity contribution in [3.05, 3.63) is 72.9 Å². The first-order valence-corrected chi connectivity index (χ1v) is 28.7. The first-order chi connectivity index (χ1) is 33.0. The minimum Gasteiger partial charge on any atom is -0.458 e. The Labute approximate surface area is 415 Å². The summed E-state index contributed by atoms with van der Waals surface area (Å²) in [4.78, 5) is 26.2. The molecule has 0 aliphatic heterocycles. The smallest absolute Gasteiger partial charge is 0.306 e. The van der Waals surface area contributed by atoms with E-state index in [4.69, 9.17) is 4.74 Å². The van der Waals surface area contributed by atoms with Gasteiger partial charge in [0.1, 0.15) is 6.10 Å². The van der Waals surface area contributed by atoms with E-state index in [1.54, 1.807) is 0 Å². The molecule has 0 aliphatic carbocycles. The number of amides is 1. The summed E-state index contributed by atoms with van der Waals surface area (Å²) in [6.45, 7) is 6.36. The van der Waals surface area contributed by atoms with Crippen molar-refractivity contribution in [2.45, 2.75) is 296 Å². The zero-order valence-electron chi connectivity index (χ0n) is 44.3. The quantitative estimate of drug-likeness (QED) is 0.0321. The van der Waals surface area contributed by atoms with Gasteiger partial charge in [-0.15, -0.1) is 0 Å². The molecule has 0 aromatic carbocycles. The van der Waals surface area contributed by atoms with Crippen LogP contribution in [0.25, 0.3) is 0 Å². The fraction of sp³-hybridized carbons (Fsp3) is 0.770. The zero-order valence-corrected chi connectivity index (χ0v) is 44.3. The number of nitrogens with one attached hydrogen (secondary N) is 1. The van der Waals surface area contributed by atoms with Crippen molar-refractivity contribution in [2.75, 3.05) is 6.61 Å². The number of aliphatic hydroxyl groups excluding tert-OH is 2. The van der Waals surface area contributed by atoms with Crippen LogP contribution < -0.4 is 5.32 Å². The second-order valence-electron chi connectivity index (χ2n) is 19.3. The van der Waals surface area contributed by atoms with E-state index in [0.717, 1.165) is 70.6 Å². The average Bonchev–Trinajstić information content (AvgIpc) is 3.32. The van der Waals surface area contributed by atoms with Gasteiger partial charge in [-0.25, -0.2) is 0 Å². The summed E-state index contributed by atoms with van der Waals surface area (Å²) in [5, 5.41) is 23.8. The minimum atomic E-state index is -0.822. The molecule has 0 fully saturated rings. The minimum absolute atomic E-state index is 0.0466. The Morgan fingerprint density at radius 3 is 1.13 bits per heavy atom. The Hall–Kier alpha value is -2.70. The summed E-state index contributed by atoms with van der Waals surface area (Å²) in [5.41, 5.74) is 0. The molecule has 3 atom stereocenters. The lowest BCUT2D eigenvalue weighted by Crippen LogP contribution is -2.46. The fourth-order valence-corrected chi connectivity index (χ4v) is 8.49. The number of unbranched alkanes of at least 4 members (excludes halogenated alkanes) is 29. The summed E-state index contributed by atoms with van der Waals surface area (Å²) in [6.07, 6.45) is 70.0. The first kappa shape index (κ1) is 64.3. The molecule has 6 heteroatoms. The summed E-state index contributed by atoms with van der Waals surface area (Å²) < 4.78 is 5.85. The molecule has 0 aliphatic rings. The lowest BCUT2D eigenvalue weighted by Gasteiger charge is -2.23.